The summed E-state index contributed by atoms with van der Waals surface area (Å²) >= 11 is 0. The van der Waals surface area contributed by atoms with Gasteiger partial charge in [0.05, 0.1) is 0 Å². The van der Waals surface area contributed by atoms with Crippen molar-refractivity contribution in [1.82, 2.24) is 5.32 Å². The van der Waals surface area contributed by atoms with Crippen LogP contribution in [0.1, 0.15) is 78.6 Å². The molecule has 0 fully saturated rings. The van der Waals surface area contributed by atoms with Crippen LogP contribution in [0.25, 0.3) is 0 Å². The Kier molecular flexibility index (Phi) is 16.4. The van der Waals surface area contributed by atoms with E-state index < -0.39 is 14.8 Å². The lowest BCUT2D eigenvalue weighted by Crippen LogP contribution is -2.49. The summed E-state index contributed by atoms with van der Waals surface area (Å²) in [6, 6.07) is 0.0474. The Morgan fingerprint density at radius 1 is 0.800 bits per heavy atom. The van der Waals surface area contributed by atoms with E-state index in [0.717, 1.165) is 57.8 Å². The van der Waals surface area contributed by atoms with Gasteiger partial charge in [0.15, 0.2) is 0 Å². The average Bonchev–Trinajstić information content (AvgIpc) is 2.59. The highest BCUT2D eigenvalue weighted by Crippen LogP contribution is 2.18. The molecule has 3 N–H and O–H groups in total. The number of primary amides is 1. The molecule has 0 radical (unpaired) electrons. The molecule has 0 rings (SSSR count). The van der Waals surface area contributed by atoms with Gasteiger partial charge in [-0.3, -0.25) is 0 Å². The predicted octanol–water partition coefficient (Wildman–Crippen LogP) is 4.21. The number of nitrogens with one attached hydrogen (secondary N) is 1. The second kappa shape index (κ2) is 16.8. The SMILES string of the molecule is CCCCCO[Si](CCNC(N)=O)(OCCCCC)OCCCCC. The number of hydrogen-bond donors (Lipinski definition) is 2. The normalized spacial score (nSPS) is 11.6. The maximum atomic E-state index is 11.0. The highest BCUT2D eigenvalue weighted by molar-refractivity contribution is 6.60. The third-order valence-corrected chi connectivity index (χ3v) is 6.73. The summed E-state index contributed by atoms with van der Waals surface area (Å²) in [7, 11) is -2.78. The van der Waals surface area contributed by atoms with Crippen LogP contribution in [0, 0.1) is 0 Å². The molecule has 0 aromatic rings. The fourth-order valence-electron chi connectivity index (χ4n) is 2.42. The maximum Gasteiger partial charge on any atom is 0.502 e. The Morgan fingerprint density at radius 2 is 1.20 bits per heavy atom. The molecule has 0 aromatic heterocycles. The first kappa shape index (κ1) is 24.4. The lowest BCUT2D eigenvalue weighted by Gasteiger charge is -2.30. The standard InChI is InChI=1S/C18H40N2O4Si/c1-4-7-10-14-22-25(17-13-20-18(19)21,23-15-11-8-5-2)24-16-12-9-6-3/h4-17H2,1-3H3,(H3,19,20,21). The van der Waals surface area contributed by atoms with E-state index in [4.69, 9.17) is 19.0 Å². The van der Waals surface area contributed by atoms with Gasteiger partial charge in [0, 0.05) is 32.4 Å². The maximum absolute atomic E-state index is 11.0. The summed E-state index contributed by atoms with van der Waals surface area (Å²) < 4.78 is 18.5. The van der Waals surface area contributed by atoms with Crippen molar-refractivity contribution in [2.75, 3.05) is 26.4 Å². The van der Waals surface area contributed by atoms with E-state index in [-0.39, 0.29) is 0 Å². The molecule has 0 atom stereocenters. The number of hydrogen-bond acceptors (Lipinski definition) is 4. The van der Waals surface area contributed by atoms with Crippen LogP contribution in [0.15, 0.2) is 0 Å². The predicted molar refractivity (Wildman–Crippen MR) is 105 cm³/mol. The van der Waals surface area contributed by atoms with Crippen LogP contribution < -0.4 is 11.1 Å². The number of unbranched alkanes of at least 4 members (excludes halogenated alkanes) is 6. The molecule has 0 bridgehead atoms. The highest BCUT2D eigenvalue weighted by atomic mass is 28.4. The molecule has 7 heteroatoms. The molecule has 0 saturated heterocycles. The summed E-state index contributed by atoms with van der Waals surface area (Å²) in [6.07, 6.45) is 9.87. The largest absolute Gasteiger partial charge is 0.502 e. The van der Waals surface area contributed by atoms with Gasteiger partial charge in [0.25, 0.3) is 0 Å². The third kappa shape index (κ3) is 14.2. The van der Waals surface area contributed by atoms with Crippen LogP contribution in [0.4, 0.5) is 4.79 Å². The van der Waals surface area contributed by atoms with Gasteiger partial charge in [0.1, 0.15) is 0 Å². The Morgan fingerprint density at radius 3 is 1.52 bits per heavy atom. The number of carbonyl (C=O) groups is 1. The molecule has 150 valence electrons. The van der Waals surface area contributed by atoms with Crippen LogP contribution in [-0.2, 0) is 13.3 Å². The van der Waals surface area contributed by atoms with Crippen molar-refractivity contribution in [3.8, 4) is 0 Å². The van der Waals surface area contributed by atoms with E-state index in [1.165, 1.54) is 0 Å². The number of amides is 2. The monoisotopic (exact) mass is 376 g/mol. The molecule has 25 heavy (non-hydrogen) atoms. The number of urea groups is 1. The summed E-state index contributed by atoms with van der Waals surface area (Å²) in [5.74, 6) is 0. The van der Waals surface area contributed by atoms with Crippen molar-refractivity contribution in [2.45, 2.75) is 84.6 Å². The molecule has 0 aliphatic carbocycles. The molecule has 0 saturated carbocycles. The van der Waals surface area contributed by atoms with Crippen molar-refractivity contribution >= 4 is 14.8 Å². The summed E-state index contributed by atoms with van der Waals surface area (Å²) in [4.78, 5) is 11.0. The quantitative estimate of drug-likeness (QED) is 0.277. The van der Waals surface area contributed by atoms with Crippen molar-refractivity contribution in [1.29, 1.82) is 0 Å². The number of rotatable bonds is 18. The highest BCUT2D eigenvalue weighted by Gasteiger charge is 2.40. The Labute approximate surface area is 155 Å². The minimum atomic E-state index is -2.78. The van der Waals surface area contributed by atoms with Gasteiger partial charge < -0.3 is 24.3 Å². The van der Waals surface area contributed by atoms with Gasteiger partial charge in [-0.05, 0) is 19.3 Å². The molecular formula is C18H40N2O4Si. The summed E-state index contributed by atoms with van der Waals surface area (Å²) in [5, 5.41) is 2.64. The minimum absolute atomic E-state index is 0.427. The van der Waals surface area contributed by atoms with E-state index >= 15 is 0 Å². The number of nitrogens with two attached hydrogens (primary N) is 1. The second-order valence-corrected chi connectivity index (χ2v) is 9.12. The van der Waals surface area contributed by atoms with Crippen molar-refractivity contribution in [3.63, 3.8) is 0 Å². The van der Waals surface area contributed by atoms with Gasteiger partial charge in [0.2, 0.25) is 0 Å². The van der Waals surface area contributed by atoms with Crippen LogP contribution >= 0.6 is 0 Å². The zero-order valence-electron chi connectivity index (χ0n) is 16.6. The summed E-state index contributed by atoms with van der Waals surface area (Å²) in [6.45, 7) is 8.89. The fourth-order valence-corrected chi connectivity index (χ4v) is 4.90. The van der Waals surface area contributed by atoms with Crippen molar-refractivity contribution in [2.24, 2.45) is 5.73 Å². The van der Waals surface area contributed by atoms with Gasteiger partial charge in [-0.25, -0.2) is 4.79 Å². The van der Waals surface area contributed by atoms with E-state index in [1.807, 2.05) is 0 Å². The molecule has 0 heterocycles. The van der Waals surface area contributed by atoms with E-state index in [2.05, 4.69) is 26.1 Å². The van der Waals surface area contributed by atoms with E-state index in [0.29, 0.717) is 32.4 Å². The van der Waals surface area contributed by atoms with Gasteiger partial charge in [-0.2, -0.15) is 0 Å². The Balaban J connectivity index is 4.70. The zero-order valence-corrected chi connectivity index (χ0v) is 17.6. The lowest BCUT2D eigenvalue weighted by atomic mass is 10.3. The van der Waals surface area contributed by atoms with Gasteiger partial charge in [-0.15, -0.1) is 0 Å². The van der Waals surface area contributed by atoms with Gasteiger partial charge >= 0.3 is 14.8 Å². The smallest absolute Gasteiger partial charge is 0.373 e. The zero-order chi connectivity index (χ0) is 18.8. The third-order valence-electron chi connectivity index (χ3n) is 3.94. The summed E-state index contributed by atoms with van der Waals surface area (Å²) in [5.41, 5.74) is 5.18. The van der Waals surface area contributed by atoms with Crippen LogP contribution in [-0.4, -0.2) is 41.2 Å². The van der Waals surface area contributed by atoms with Gasteiger partial charge in [-0.1, -0.05) is 59.3 Å². The van der Waals surface area contributed by atoms with Crippen LogP contribution in [0.5, 0.6) is 0 Å². The van der Waals surface area contributed by atoms with E-state index in [9.17, 15) is 4.79 Å². The topological polar surface area (TPSA) is 82.8 Å². The Hall–Kier alpha value is -0.633. The molecule has 2 amide bonds. The first-order valence-corrected chi connectivity index (χ1v) is 12.0. The van der Waals surface area contributed by atoms with E-state index in [1.54, 1.807) is 0 Å². The molecular weight excluding hydrogens is 336 g/mol. The molecule has 0 spiro atoms. The minimum Gasteiger partial charge on any atom is -0.373 e. The molecule has 0 aliphatic heterocycles. The van der Waals surface area contributed by atoms with Crippen molar-refractivity contribution < 1.29 is 18.1 Å². The van der Waals surface area contributed by atoms with Crippen LogP contribution in [0.2, 0.25) is 6.04 Å². The first-order chi connectivity index (χ1) is 12.1. The molecule has 0 aromatic carbocycles. The second-order valence-electron chi connectivity index (χ2n) is 6.39. The van der Waals surface area contributed by atoms with Crippen LogP contribution in [0.3, 0.4) is 0 Å². The number of carbonyl (C=O) groups excluding carboxylic acids is 1. The average molecular weight is 377 g/mol. The molecule has 0 unspecified atom stereocenters. The van der Waals surface area contributed by atoms with Crippen molar-refractivity contribution in [3.05, 3.63) is 0 Å². The fraction of sp³-hybridized carbons (Fsp3) is 0.944. The Bertz CT molecular complexity index is 288. The molecule has 6 nitrogen and oxygen atoms in total. The first-order valence-electron chi connectivity index (χ1n) is 10.0. The lowest BCUT2D eigenvalue weighted by molar-refractivity contribution is 0.0557. The molecule has 0 aliphatic rings.